The summed E-state index contributed by atoms with van der Waals surface area (Å²) in [5.74, 6) is 0.186. The Morgan fingerprint density at radius 2 is 1.89 bits per heavy atom. The summed E-state index contributed by atoms with van der Waals surface area (Å²) in [4.78, 5) is 13.6. The molecule has 19 heavy (non-hydrogen) atoms. The molecule has 1 fully saturated rings. The van der Waals surface area contributed by atoms with Gasteiger partial charge in [0.2, 0.25) is 10.0 Å². The van der Waals surface area contributed by atoms with Crippen molar-refractivity contribution in [3.8, 4) is 0 Å². The topological polar surface area (TPSA) is 69.7 Å². The fraction of sp³-hybridized carbons (Fsp3) is 0.917. The van der Waals surface area contributed by atoms with Crippen molar-refractivity contribution in [2.45, 2.75) is 39.7 Å². The number of nitrogens with one attached hydrogen (secondary N) is 1. The zero-order valence-corrected chi connectivity index (χ0v) is 12.9. The van der Waals surface area contributed by atoms with Crippen LogP contribution in [0, 0.1) is 0 Å². The van der Waals surface area contributed by atoms with Crippen molar-refractivity contribution in [1.82, 2.24) is 14.5 Å². The van der Waals surface area contributed by atoms with E-state index in [1.807, 2.05) is 20.8 Å². The van der Waals surface area contributed by atoms with E-state index in [0.717, 1.165) is 0 Å². The third kappa shape index (κ3) is 4.99. The smallest absolute Gasteiger partial charge is 0.317 e. The van der Waals surface area contributed by atoms with Crippen LogP contribution in [0.2, 0.25) is 0 Å². The van der Waals surface area contributed by atoms with Gasteiger partial charge in [-0.25, -0.2) is 17.5 Å². The first-order valence-corrected chi connectivity index (χ1v) is 8.51. The van der Waals surface area contributed by atoms with Gasteiger partial charge in [0.1, 0.15) is 0 Å². The van der Waals surface area contributed by atoms with Crippen LogP contribution in [0.1, 0.15) is 33.6 Å². The maximum atomic E-state index is 12.0. The largest absolute Gasteiger partial charge is 0.336 e. The molecular weight excluding hydrogens is 266 g/mol. The molecule has 6 nitrogen and oxygen atoms in total. The lowest BCUT2D eigenvalue weighted by atomic mass is 10.4. The van der Waals surface area contributed by atoms with E-state index in [-0.39, 0.29) is 17.8 Å². The number of sulfonamides is 1. The van der Waals surface area contributed by atoms with E-state index in [1.165, 1.54) is 4.31 Å². The second-order valence-electron chi connectivity index (χ2n) is 5.16. The Morgan fingerprint density at radius 1 is 1.21 bits per heavy atom. The molecule has 1 rings (SSSR count). The second kappa shape index (κ2) is 7.09. The molecule has 0 aromatic heterocycles. The number of carbonyl (C=O) groups is 1. The lowest BCUT2D eigenvalue weighted by molar-refractivity contribution is 0.198. The average Bonchev–Trinajstić information content (AvgIpc) is 2.53. The Hall–Kier alpha value is -0.820. The number of rotatable bonds is 4. The number of urea groups is 1. The van der Waals surface area contributed by atoms with Gasteiger partial charge in [-0.05, 0) is 26.7 Å². The first-order valence-electron chi connectivity index (χ1n) is 6.90. The lowest BCUT2D eigenvalue weighted by Gasteiger charge is -2.23. The van der Waals surface area contributed by atoms with Gasteiger partial charge in [-0.2, -0.15) is 0 Å². The summed E-state index contributed by atoms with van der Waals surface area (Å²) in [6, 6.07) is -0.0135. The average molecular weight is 291 g/mol. The molecular formula is C12H25N3O3S. The fourth-order valence-corrected chi connectivity index (χ4v) is 3.64. The summed E-state index contributed by atoms with van der Waals surface area (Å²) >= 11 is 0. The van der Waals surface area contributed by atoms with Gasteiger partial charge in [-0.15, -0.1) is 0 Å². The molecule has 0 spiro atoms. The molecule has 0 aromatic rings. The SMILES string of the molecule is CCCS(=O)(=O)N1CCCN(C(=O)NC(C)C)CC1. The van der Waals surface area contributed by atoms with E-state index in [0.29, 0.717) is 39.0 Å². The van der Waals surface area contributed by atoms with Crippen LogP contribution >= 0.6 is 0 Å². The molecule has 1 saturated heterocycles. The molecule has 0 unspecified atom stereocenters. The van der Waals surface area contributed by atoms with Crippen molar-refractivity contribution in [2.75, 3.05) is 31.9 Å². The molecule has 1 aliphatic rings. The van der Waals surface area contributed by atoms with Crippen molar-refractivity contribution in [3.63, 3.8) is 0 Å². The van der Waals surface area contributed by atoms with Crippen molar-refractivity contribution in [2.24, 2.45) is 0 Å². The van der Waals surface area contributed by atoms with Crippen LogP contribution in [0.5, 0.6) is 0 Å². The Labute approximate surface area is 116 Å². The Balaban J connectivity index is 2.59. The maximum Gasteiger partial charge on any atom is 0.317 e. The molecule has 112 valence electrons. The minimum atomic E-state index is -3.15. The summed E-state index contributed by atoms with van der Waals surface area (Å²) < 4.78 is 25.5. The zero-order chi connectivity index (χ0) is 14.5. The molecule has 0 radical (unpaired) electrons. The molecule has 0 saturated carbocycles. The zero-order valence-electron chi connectivity index (χ0n) is 12.1. The summed E-state index contributed by atoms with van der Waals surface area (Å²) in [5, 5.41) is 2.84. The summed E-state index contributed by atoms with van der Waals surface area (Å²) in [6.07, 6.45) is 1.31. The lowest BCUT2D eigenvalue weighted by Crippen LogP contribution is -2.45. The van der Waals surface area contributed by atoms with Gasteiger partial charge in [-0.1, -0.05) is 6.92 Å². The van der Waals surface area contributed by atoms with Crippen molar-refractivity contribution < 1.29 is 13.2 Å². The molecule has 0 bridgehead atoms. The van der Waals surface area contributed by atoms with Crippen LogP contribution in [-0.4, -0.2) is 61.6 Å². The van der Waals surface area contributed by atoms with Gasteiger partial charge in [0, 0.05) is 32.2 Å². The number of amides is 2. The van der Waals surface area contributed by atoms with Gasteiger partial charge in [0.15, 0.2) is 0 Å². The Morgan fingerprint density at radius 3 is 2.47 bits per heavy atom. The van der Waals surface area contributed by atoms with E-state index >= 15 is 0 Å². The molecule has 0 atom stereocenters. The predicted molar refractivity (Wildman–Crippen MR) is 75.5 cm³/mol. The first-order chi connectivity index (χ1) is 8.86. The highest BCUT2D eigenvalue weighted by atomic mass is 32.2. The highest BCUT2D eigenvalue weighted by Gasteiger charge is 2.26. The second-order valence-corrected chi connectivity index (χ2v) is 7.25. The highest BCUT2D eigenvalue weighted by molar-refractivity contribution is 7.89. The van der Waals surface area contributed by atoms with E-state index in [9.17, 15) is 13.2 Å². The van der Waals surface area contributed by atoms with Gasteiger partial charge in [0.25, 0.3) is 0 Å². The quantitative estimate of drug-likeness (QED) is 0.835. The van der Waals surface area contributed by atoms with Crippen LogP contribution in [-0.2, 0) is 10.0 Å². The number of hydrogen-bond donors (Lipinski definition) is 1. The van der Waals surface area contributed by atoms with Crippen LogP contribution in [0.3, 0.4) is 0 Å². The highest BCUT2D eigenvalue weighted by Crippen LogP contribution is 2.10. The third-order valence-corrected chi connectivity index (χ3v) is 5.09. The van der Waals surface area contributed by atoms with Crippen molar-refractivity contribution in [3.05, 3.63) is 0 Å². The first kappa shape index (κ1) is 16.2. The van der Waals surface area contributed by atoms with E-state index < -0.39 is 10.0 Å². The molecule has 1 heterocycles. The summed E-state index contributed by atoms with van der Waals surface area (Å²) in [6.45, 7) is 7.65. The molecule has 0 aromatic carbocycles. The maximum absolute atomic E-state index is 12.0. The molecule has 0 aliphatic carbocycles. The monoisotopic (exact) mass is 291 g/mol. The van der Waals surface area contributed by atoms with E-state index in [1.54, 1.807) is 4.90 Å². The van der Waals surface area contributed by atoms with Crippen molar-refractivity contribution in [1.29, 1.82) is 0 Å². The van der Waals surface area contributed by atoms with E-state index in [4.69, 9.17) is 0 Å². The van der Waals surface area contributed by atoms with E-state index in [2.05, 4.69) is 5.32 Å². The summed E-state index contributed by atoms with van der Waals surface area (Å²) in [5.41, 5.74) is 0. The molecule has 1 N–H and O–H groups in total. The van der Waals surface area contributed by atoms with Crippen LogP contribution in [0.4, 0.5) is 4.79 Å². The van der Waals surface area contributed by atoms with Gasteiger partial charge >= 0.3 is 6.03 Å². The third-order valence-electron chi connectivity index (χ3n) is 3.01. The molecule has 1 aliphatic heterocycles. The standard InChI is InChI=1S/C12H25N3O3S/c1-4-10-19(17,18)15-7-5-6-14(8-9-15)12(16)13-11(2)3/h11H,4-10H2,1-3H3,(H,13,16). The van der Waals surface area contributed by atoms with Crippen molar-refractivity contribution >= 4 is 16.1 Å². The van der Waals surface area contributed by atoms with Gasteiger partial charge in [-0.3, -0.25) is 0 Å². The van der Waals surface area contributed by atoms with Crippen LogP contribution in [0.15, 0.2) is 0 Å². The number of hydrogen-bond acceptors (Lipinski definition) is 3. The number of nitrogens with zero attached hydrogens (tertiary/aromatic N) is 2. The normalized spacial score (nSPS) is 18.4. The minimum Gasteiger partial charge on any atom is -0.336 e. The fourth-order valence-electron chi connectivity index (χ4n) is 2.10. The Kier molecular flexibility index (Phi) is 6.06. The number of carbonyl (C=O) groups excluding carboxylic acids is 1. The summed E-state index contributed by atoms with van der Waals surface area (Å²) in [7, 11) is -3.15. The Bertz CT molecular complexity index is 395. The minimum absolute atomic E-state index is 0.0932. The van der Waals surface area contributed by atoms with Gasteiger partial charge < -0.3 is 10.2 Å². The van der Waals surface area contributed by atoms with Gasteiger partial charge in [0.05, 0.1) is 5.75 Å². The van der Waals surface area contributed by atoms with Crippen LogP contribution < -0.4 is 5.32 Å². The predicted octanol–water partition coefficient (Wildman–Crippen LogP) is 0.852. The molecule has 2 amide bonds. The van der Waals surface area contributed by atoms with Crippen LogP contribution in [0.25, 0.3) is 0 Å². The molecule has 7 heteroatoms.